The van der Waals surface area contributed by atoms with E-state index in [9.17, 15) is 4.79 Å². The van der Waals surface area contributed by atoms with Crippen molar-refractivity contribution >= 4 is 5.91 Å². The first-order valence-electron chi connectivity index (χ1n) is 7.28. The minimum absolute atomic E-state index is 0.0921. The average Bonchev–Trinajstić information content (AvgIpc) is 3.23. The van der Waals surface area contributed by atoms with Crippen LogP contribution in [0, 0.1) is 0 Å². The highest BCUT2D eigenvalue weighted by atomic mass is 16.1. The molecule has 1 aromatic rings. The maximum Gasteiger partial charge on any atom is 0.217 e. The number of piperidine rings is 1. The van der Waals surface area contributed by atoms with E-state index in [2.05, 4.69) is 40.5 Å². The van der Waals surface area contributed by atoms with E-state index in [-0.39, 0.29) is 5.91 Å². The van der Waals surface area contributed by atoms with Crippen LogP contribution in [0.4, 0.5) is 0 Å². The molecule has 1 N–H and O–H groups in total. The van der Waals surface area contributed by atoms with Crippen molar-refractivity contribution in [3.8, 4) is 0 Å². The zero-order valence-electron chi connectivity index (χ0n) is 11.5. The number of nitrogens with one attached hydrogen (secondary N) is 1. The lowest BCUT2D eigenvalue weighted by Gasteiger charge is -2.38. The molecular formula is C16H22N2O. The fourth-order valence-corrected chi connectivity index (χ4v) is 3.23. The van der Waals surface area contributed by atoms with Crippen LogP contribution in [0.2, 0.25) is 0 Å². The average molecular weight is 258 g/mol. The van der Waals surface area contributed by atoms with Gasteiger partial charge in [-0.2, -0.15) is 0 Å². The number of amides is 1. The fourth-order valence-electron chi connectivity index (χ4n) is 3.23. The number of nitrogens with zero attached hydrogens (tertiary/aromatic N) is 1. The lowest BCUT2D eigenvalue weighted by Crippen LogP contribution is -2.50. The Hall–Kier alpha value is -1.35. The van der Waals surface area contributed by atoms with E-state index in [1.54, 1.807) is 6.92 Å². The van der Waals surface area contributed by atoms with Crippen LogP contribution in [0.1, 0.15) is 37.7 Å². The zero-order valence-corrected chi connectivity index (χ0v) is 11.5. The molecule has 2 atom stereocenters. The Balaban J connectivity index is 1.73. The van der Waals surface area contributed by atoms with Crippen molar-refractivity contribution in [1.29, 1.82) is 0 Å². The largest absolute Gasteiger partial charge is 0.352 e. The Labute approximate surface area is 115 Å². The first-order valence-corrected chi connectivity index (χ1v) is 7.28. The Bertz CT molecular complexity index is 441. The molecule has 2 fully saturated rings. The van der Waals surface area contributed by atoms with Gasteiger partial charge >= 0.3 is 0 Å². The summed E-state index contributed by atoms with van der Waals surface area (Å²) in [6.07, 6.45) is 3.72. The Kier molecular flexibility index (Phi) is 3.56. The van der Waals surface area contributed by atoms with Gasteiger partial charge in [-0.05, 0) is 30.7 Å². The molecule has 0 aromatic heterocycles. The van der Waals surface area contributed by atoms with Gasteiger partial charge in [0.15, 0.2) is 0 Å². The SMILES string of the molecule is CC(=O)NC1CC(c2ccccc2)CN(C2CC2)C1. The second-order valence-electron chi connectivity index (χ2n) is 5.93. The van der Waals surface area contributed by atoms with Gasteiger partial charge in [0.05, 0.1) is 0 Å². The highest BCUT2D eigenvalue weighted by Gasteiger charge is 2.36. The van der Waals surface area contributed by atoms with Crippen LogP contribution in [-0.2, 0) is 4.79 Å². The monoisotopic (exact) mass is 258 g/mol. The summed E-state index contributed by atoms with van der Waals surface area (Å²) < 4.78 is 0. The standard InChI is InChI=1S/C16H22N2O/c1-12(19)17-15-9-14(13-5-3-2-4-6-13)10-18(11-15)16-7-8-16/h2-6,14-16H,7-11H2,1H3,(H,17,19). The molecule has 0 spiro atoms. The number of benzene rings is 1. The van der Waals surface area contributed by atoms with Gasteiger partial charge in [-0.3, -0.25) is 9.69 Å². The van der Waals surface area contributed by atoms with E-state index < -0.39 is 0 Å². The van der Waals surface area contributed by atoms with Crippen LogP contribution < -0.4 is 5.32 Å². The van der Waals surface area contributed by atoms with Gasteiger partial charge in [-0.25, -0.2) is 0 Å². The van der Waals surface area contributed by atoms with Crippen LogP contribution in [0.15, 0.2) is 30.3 Å². The Morgan fingerprint density at radius 1 is 1.21 bits per heavy atom. The molecule has 1 saturated heterocycles. The second-order valence-corrected chi connectivity index (χ2v) is 5.93. The van der Waals surface area contributed by atoms with E-state index in [0.29, 0.717) is 12.0 Å². The predicted octanol–water partition coefficient (Wildman–Crippen LogP) is 2.14. The summed E-state index contributed by atoms with van der Waals surface area (Å²) in [5, 5.41) is 3.11. The van der Waals surface area contributed by atoms with Crippen LogP contribution in [-0.4, -0.2) is 36.0 Å². The summed E-state index contributed by atoms with van der Waals surface area (Å²) >= 11 is 0. The fraction of sp³-hybridized carbons (Fsp3) is 0.562. The molecule has 2 unspecified atom stereocenters. The highest BCUT2D eigenvalue weighted by molar-refractivity contribution is 5.73. The van der Waals surface area contributed by atoms with Crippen molar-refractivity contribution < 1.29 is 4.79 Å². The summed E-state index contributed by atoms with van der Waals surface area (Å²) in [4.78, 5) is 13.9. The summed E-state index contributed by atoms with van der Waals surface area (Å²) in [6, 6.07) is 11.8. The zero-order chi connectivity index (χ0) is 13.2. The summed E-state index contributed by atoms with van der Waals surface area (Å²) in [5.41, 5.74) is 1.41. The summed E-state index contributed by atoms with van der Waals surface area (Å²) in [6.45, 7) is 3.78. The maximum absolute atomic E-state index is 11.3. The molecule has 3 heteroatoms. The number of hydrogen-bond donors (Lipinski definition) is 1. The van der Waals surface area contributed by atoms with Gasteiger partial charge in [0.1, 0.15) is 0 Å². The number of carbonyl (C=O) groups is 1. The van der Waals surface area contributed by atoms with E-state index in [1.165, 1.54) is 18.4 Å². The topological polar surface area (TPSA) is 32.3 Å². The molecule has 1 aromatic carbocycles. The highest BCUT2D eigenvalue weighted by Crippen LogP contribution is 2.34. The van der Waals surface area contributed by atoms with Crippen LogP contribution >= 0.6 is 0 Å². The molecule has 1 aliphatic heterocycles. The third-order valence-corrected chi connectivity index (χ3v) is 4.22. The van der Waals surface area contributed by atoms with E-state index in [4.69, 9.17) is 0 Å². The van der Waals surface area contributed by atoms with Crippen molar-refractivity contribution in [2.24, 2.45) is 0 Å². The molecule has 3 nitrogen and oxygen atoms in total. The minimum atomic E-state index is 0.0921. The maximum atomic E-state index is 11.3. The van der Waals surface area contributed by atoms with Crippen molar-refractivity contribution in [2.75, 3.05) is 13.1 Å². The van der Waals surface area contributed by atoms with Crippen LogP contribution in [0.3, 0.4) is 0 Å². The molecule has 3 rings (SSSR count). The van der Waals surface area contributed by atoms with E-state index in [0.717, 1.165) is 25.6 Å². The predicted molar refractivity (Wildman–Crippen MR) is 76.0 cm³/mol. The first-order chi connectivity index (χ1) is 9.22. The number of rotatable bonds is 3. The molecule has 1 heterocycles. The van der Waals surface area contributed by atoms with Crippen molar-refractivity contribution in [3.63, 3.8) is 0 Å². The van der Waals surface area contributed by atoms with Crippen molar-refractivity contribution in [3.05, 3.63) is 35.9 Å². The van der Waals surface area contributed by atoms with Gasteiger partial charge in [-0.1, -0.05) is 30.3 Å². The molecule has 0 radical (unpaired) electrons. The Morgan fingerprint density at radius 3 is 2.58 bits per heavy atom. The van der Waals surface area contributed by atoms with E-state index >= 15 is 0 Å². The molecule has 102 valence electrons. The van der Waals surface area contributed by atoms with Crippen LogP contribution in [0.5, 0.6) is 0 Å². The molecule has 1 amide bonds. The number of carbonyl (C=O) groups excluding carboxylic acids is 1. The normalized spacial score (nSPS) is 28.1. The van der Waals surface area contributed by atoms with Gasteiger partial charge < -0.3 is 5.32 Å². The second kappa shape index (κ2) is 5.33. The quantitative estimate of drug-likeness (QED) is 0.901. The van der Waals surface area contributed by atoms with Gasteiger partial charge in [0.2, 0.25) is 5.91 Å². The third kappa shape index (κ3) is 3.16. The first kappa shape index (κ1) is 12.7. The summed E-state index contributed by atoms with van der Waals surface area (Å²) in [5.74, 6) is 0.641. The molecular weight excluding hydrogens is 236 g/mol. The molecule has 0 bridgehead atoms. The van der Waals surface area contributed by atoms with Crippen molar-refractivity contribution in [2.45, 2.75) is 44.2 Å². The molecule has 19 heavy (non-hydrogen) atoms. The smallest absolute Gasteiger partial charge is 0.217 e. The molecule has 1 aliphatic carbocycles. The van der Waals surface area contributed by atoms with E-state index in [1.807, 2.05) is 0 Å². The lowest BCUT2D eigenvalue weighted by molar-refractivity contribution is -0.120. The number of hydrogen-bond acceptors (Lipinski definition) is 2. The molecule has 1 saturated carbocycles. The minimum Gasteiger partial charge on any atom is -0.352 e. The summed E-state index contributed by atoms with van der Waals surface area (Å²) in [7, 11) is 0. The van der Waals surface area contributed by atoms with Gasteiger partial charge in [-0.15, -0.1) is 0 Å². The molecule has 2 aliphatic rings. The third-order valence-electron chi connectivity index (χ3n) is 4.22. The lowest BCUT2D eigenvalue weighted by atomic mass is 9.88. The van der Waals surface area contributed by atoms with Crippen molar-refractivity contribution in [1.82, 2.24) is 10.2 Å². The van der Waals surface area contributed by atoms with Gasteiger partial charge in [0.25, 0.3) is 0 Å². The van der Waals surface area contributed by atoms with Gasteiger partial charge in [0, 0.05) is 32.1 Å². The Morgan fingerprint density at radius 2 is 1.95 bits per heavy atom. The van der Waals surface area contributed by atoms with Crippen LogP contribution in [0.25, 0.3) is 0 Å². The number of likely N-dealkylation sites (tertiary alicyclic amines) is 1.